The summed E-state index contributed by atoms with van der Waals surface area (Å²) in [4.78, 5) is 70.7. The first kappa shape index (κ1) is 73.0. The van der Waals surface area contributed by atoms with Crippen LogP contribution in [0.1, 0.15) is 134 Å². The number of benzene rings is 8. The molecule has 0 amide bonds. The fourth-order valence-electron chi connectivity index (χ4n) is 15.1. The Bertz CT molecular complexity index is 4230. The number of hydrogen-bond acceptors (Lipinski definition) is 17. The van der Waals surface area contributed by atoms with E-state index in [1.165, 1.54) is 22.5 Å². The molecule has 0 aromatic heterocycles. The van der Waals surface area contributed by atoms with Gasteiger partial charge < -0.3 is 52.8 Å². The minimum absolute atomic E-state index is 0.00954. The molecule has 0 saturated heterocycles. The van der Waals surface area contributed by atoms with E-state index in [1.54, 1.807) is 13.8 Å². The topological polar surface area (TPSA) is 171 Å². The van der Waals surface area contributed by atoms with Gasteiger partial charge in [-0.2, -0.15) is 0 Å². The number of aliphatic imine (C=N–C) groups is 2. The summed E-state index contributed by atoms with van der Waals surface area (Å²) in [6.45, 7) is 34.2. The fourth-order valence-corrected chi connectivity index (χ4v) is 15.1. The minimum Gasteiger partial charge on any atom is -0.464 e. The summed E-state index contributed by atoms with van der Waals surface area (Å²) in [7, 11) is 0. The van der Waals surface area contributed by atoms with Crippen LogP contribution in [0.25, 0.3) is 43.8 Å². The van der Waals surface area contributed by atoms with Crippen LogP contribution >= 0.6 is 0 Å². The standard InChI is InChI=1S/C86H100N6O11/c1-15-89(61-37-33-59(34-38-61)67-49-71-79(65-27-19-17-25-63(65)67)102-85(53-87-71)83(11,12)69-29-21-23-31-73(69)91(85)55-81(5,6)7)45-47-98-75(93)41-43-77(95)100-57(3)51-97-52-58(4)101-78(96)44-42-76(94)99-48-46-90(16-2)62-39-35-60(36-40-62)68-50-72-80(66-28-20-18-26-64(66)68)103-86(54-88-72)84(13,14)70-30-22-24-32-74(70)92(86)56-82(8,9)10/h17-40,49-50,53-54,57-58H,15-16,41-48,51-52,55-56H2,1-14H3. The Balaban J connectivity index is 0.542. The van der Waals surface area contributed by atoms with Crippen molar-refractivity contribution < 1.29 is 52.3 Å². The van der Waals surface area contributed by atoms with Crippen molar-refractivity contribution in [2.24, 2.45) is 20.8 Å². The van der Waals surface area contributed by atoms with Gasteiger partial charge in [-0.1, -0.05) is 151 Å². The second-order valence-electron chi connectivity index (χ2n) is 31.2. The molecule has 4 atom stereocenters. The van der Waals surface area contributed by atoms with Crippen LogP contribution in [0.15, 0.2) is 168 Å². The highest BCUT2D eigenvalue weighted by Crippen LogP contribution is 2.59. The predicted octanol–water partition coefficient (Wildman–Crippen LogP) is 17.5. The van der Waals surface area contributed by atoms with Gasteiger partial charge in [-0.05, 0) is 159 Å². The Morgan fingerprint density at radius 3 is 1.19 bits per heavy atom. The lowest BCUT2D eigenvalue weighted by Crippen LogP contribution is -2.63. The molecule has 12 rings (SSSR count). The lowest BCUT2D eigenvalue weighted by molar-refractivity contribution is -0.158. The molecule has 17 nitrogen and oxygen atoms in total. The summed E-state index contributed by atoms with van der Waals surface area (Å²) in [5, 5.41) is 4.13. The van der Waals surface area contributed by atoms with Crippen molar-refractivity contribution in [2.75, 3.05) is 85.3 Å². The third-order valence-electron chi connectivity index (χ3n) is 20.4. The average Bonchev–Trinajstić information content (AvgIpc) is 1.57. The van der Waals surface area contributed by atoms with Crippen LogP contribution in [0.4, 0.5) is 34.1 Å². The van der Waals surface area contributed by atoms with Crippen molar-refractivity contribution in [1.29, 1.82) is 0 Å². The fraction of sp³-hybridized carbons (Fsp3) is 0.419. The molecule has 8 aromatic carbocycles. The highest BCUT2D eigenvalue weighted by atomic mass is 16.6. The van der Waals surface area contributed by atoms with Crippen LogP contribution in [-0.4, -0.2) is 126 Å². The maximum Gasteiger partial charge on any atom is 0.306 e. The Morgan fingerprint density at radius 1 is 0.476 bits per heavy atom. The number of likely N-dealkylation sites (N-methyl/N-ethyl adjacent to an activating group) is 2. The summed E-state index contributed by atoms with van der Waals surface area (Å²) in [5.41, 5.74) is 10.0. The first-order valence-electron chi connectivity index (χ1n) is 36.5. The van der Waals surface area contributed by atoms with Gasteiger partial charge in [0, 0.05) is 59.7 Å². The van der Waals surface area contributed by atoms with E-state index in [4.69, 9.17) is 43.1 Å². The number of nitrogens with zero attached hydrogens (tertiary/aromatic N) is 6. The van der Waals surface area contributed by atoms with Crippen LogP contribution in [-0.2, 0) is 53.7 Å². The van der Waals surface area contributed by atoms with Gasteiger partial charge in [0.1, 0.15) is 36.8 Å². The summed E-state index contributed by atoms with van der Waals surface area (Å²) in [5.74, 6) is -0.580. The molecule has 4 aliphatic rings. The Kier molecular flexibility index (Phi) is 20.9. The van der Waals surface area contributed by atoms with E-state index in [9.17, 15) is 19.2 Å². The minimum atomic E-state index is -0.834. The molecule has 0 aliphatic carbocycles. The van der Waals surface area contributed by atoms with Gasteiger partial charge >= 0.3 is 23.9 Å². The molecular weight excluding hydrogens is 1290 g/mol. The summed E-state index contributed by atoms with van der Waals surface area (Å²) in [6, 6.07) is 55.0. The largest absolute Gasteiger partial charge is 0.464 e. The molecular formula is C86H100N6O11. The quantitative estimate of drug-likeness (QED) is 0.0370. The predicted molar refractivity (Wildman–Crippen MR) is 412 cm³/mol. The number of anilines is 4. The lowest BCUT2D eigenvalue weighted by atomic mass is 9.77. The van der Waals surface area contributed by atoms with Gasteiger partial charge in [0.2, 0.25) is 11.4 Å². The van der Waals surface area contributed by atoms with Crippen LogP contribution in [0.3, 0.4) is 0 Å². The van der Waals surface area contributed by atoms with Crippen molar-refractivity contribution >= 4 is 92.0 Å². The third-order valence-corrected chi connectivity index (χ3v) is 20.4. The molecule has 2 spiro atoms. The lowest BCUT2D eigenvalue weighted by Gasteiger charge is -2.48. The summed E-state index contributed by atoms with van der Waals surface area (Å²) < 4.78 is 42.6. The molecule has 540 valence electrons. The molecule has 17 heteroatoms. The summed E-state index contributed by atoms with van der Waals surface area (Å²) in [6.07, 6.45) is 2.21. The maximum atomic E-state index is 12.8. The van der Waals surface area contributed by atoms with Gasteiger partial charge in [-0.3, -0.25) is 29.2 Å². The first-order chi connectivity index (χ1) is 49.1. The monoisotopic (exact) mass is 1390 g/mol. The molecule has 0 fully saturated rings. The van der Waals surface area contributed by atoms with Gasteiger partial charge in [0.25, 0.3) is 0 Å². The highest BCUT2D eigenvalue weighted by molar-refractivity contribution is 6.07. The molecule has 4 unspecified atom stereocenters. The Hall–Kier alpha value is -9.74. The normalized spacial score (nSPS) is 18.0. The molecule has 8 aromatic rings. The van der Waals surface area contributed by atoms with Gasteiger partial charge in [-0.25, -0.2) is 0 Å². The van der Waals surface area contributed by atoms with E-state index in [0.717, 1.165) is 91.1 Å². The molecule has 0 N–H and O–H groups in total. The Morgan fingerprint density at radius 2 is 0.825 bits per heavy atom. The zero-order valence-corrected chi connectivity index (χ0v) is 62.4. The van der Waals surface area contributed by atoms with E-state index < -0.39 is 58.4 Å². The number of carbonyl (C=O) groups excluding carboxylic acids is 4. The van der Waals surface area contributed by atoms with E-state index in [0.29, 0.717) is 26.2 Å². The molecule has 4 heterocycles. The number of esters is 4. The van der Waals surface area contributed by atoms with Crippen LogP contribution < -0.4 is 29.1 Å². The number of ether oxygens (including phenoxy) is 7. The average molecular weight is 1390 g/mol. The first-order valence-corrected chi connectivity index (χ1v) is 36.5. The highest BCUT2D eigenvalue weighted by Gasteiger charge is 2.62. The second kappa shape index (κ2) is 29.5. The molecule has 103 heavy (non-hydrogen) atoms. The maximum absolute atomic E-state index is 12.8. The molecule has 4 aliphatic heterocycles. The summed E-state index contributed by atoms with van der Waals surface area (Å²) >= 11 is 0. The van der Waals surface area contributed by atoms with Crippen LogP contribution in [0.2, 0.25) is 0 Å². The Labute approximate surface area is 607 Å². The van der Waals surface area contributed by atoms with E-state index in [-0.39, 0.29) is 62.9 Å². The van der Waals surface area contributed by atoms with Gasteiger partial charge in [-0.15, -0.1) is 0 Å². The zero-order valence-electron chi connectivity index (χ0n) is 62.4. The van der Waals surface area contributed by atoms with Crippen LogP contribution in [0.5, 0.6) is 11.5 Å². The van der Waals surface area contributed by atoms with Crippen molar-refractivity contribution in [2.45, 2.75) is 157 Å². The third kappa shape index (κ3) is 14.9. The number of para-hydroxylation sites is 2. The van der Waals surface area contributed by atoms with Crippen molar-refractivity contribution in [3.8, 4) is 33.8 Å². The van der Waals surface area contributed by atoms with E-state index >= 15 is 0 Å². The van der Waals surface area contributed by atoms with E-state index in [1.807, 2.05) is 12.4 Å². The number of carbonyl (C=O) groups is 4. The van der Waals surface area contributed by atoms with Crippen molar-refractivity contribution in [3.05, 3.63) is 169 Å². The number of rotatable bonds is 26. The van der Waals surface area contributed by atoms with Crippen molar-refractivity contribution in [3.63, 3.8) is 0 Å². The molecule has 0 radical (unpaired) electrons. The van der Waals surface area contributed by atoms with Gasteiger partial charge in [0.15, 0.2) is 11.5 Å². The van der Waals surface area contributed by atoms with Crippen molar-refractivity contribution in [1.82, 2.24) is 0 Å². The molecule has 0 bridgehead atoms. The molecule has 0 saturated carbocycles. The number of fused-ring (bicyclic) bond motifs is 8. The SMILES string of the molecule is CCN(CCOC(=O)CCC(=O)OC(C)COCC(C)OC(=O)CCC(=O)OCCN(CC)c1ccc(-c2cc3c(c4ccccc24)OC2(C=N3)N(CC(C)(C)C)c3ccccc3C2(C)C)cc1)c1ccc(-c2cc3c(c4ccccc24)OC2(C=N3)N(CC(C)(C)C)c3ccccc3C2(C)C)cc1. The van der Waals surface area contributed by atoms with E-state index in [2.05, 4.69) is 260 Å². The smallest absolute Gasteiger partial charge is 0.306 e. The zero-order chi connectivity index (χ0) is 73.2. The number of hydrogen-bond donors (Lipinski definition) is 0. The second-order valence-corrected chi connectivity index (χ2v) is 31.2. The van der Waals surface area contributed by atoms with Gasteiger partial charge in [0.05, 0.1) is 75.2 Å². The van der Waals surface area contributed by atoms with Crippen LogP contribution in [0, 0.1) is 10.8 Å².